The van der Waals surface area contributed by atoms with E-state index >= 15 is 0 Å². The molecule has 0 spiro atoms. The number of imide groups is 1. The topological polar surface area (TPSA) is 134 Å². The van der Waals surface area contributed by atoms with E-state index in [0.717, 1.165) is 47.3 Å². The van der Waals surface area contributed by atoms with E-state index in [1.54, 1.807) is 18.2 Å². The number of benzene rings is 2. The quantitative estimate of drug-likeness (QED) is 0.530. The zero-order valence-corrected chi connectivity index (χ0v) is 18.2. The van der Waals surface area contributed by atoms with E-state index in [9.17, 15) is 27.9 Å². The van der Waals surface area contributed by atoms with Crippen molar-refractivity contribution in [1.29, 1.82) is 0 Å². The molecule has 2 aromatic carbocycles. The number of sulfonamides is 1. The summed E-state index contributed by atoms with van der Waals surface area (Å²) in [6, 6.07) is 8.82. The van der Waals surface area contributed by atoms with Gasteiger partial charge in [-0.3, -0.25) is 19.3 Å². The maximum Gasteiger partial charge on any atom is 0.323 e. The number of carbonyl (C=O) groups excluding carboxylic acids is 2. The molecule has 2 heterocycles. The van der Waals surface area contributed by atoms with Crippen molar-refractivity contribution in [2.24, 2.45) is 0 Å². The van der Waals surface area contributed by atoms with Crippen LogP contribution in [0.5, 0.6) is 0 Å². The predicted molar refractivity (Wildman–Crippen MR) is 116 cm³/mol. The van der Waals surface area contributed by atoms with Gasteiger partial charge in [-0.25, -0.2) is 8.42 Å². The first kappa shape index (κ1) is 21.4. The van der Waals surface area contributed by atoms with Crippen LogP contribution >= 0.6 is 0 Å². The van der Waals surface area contributed by atoms with Crippen molar-refractivity contribution in [2.45, 2.75) is 36.6 Å². The zero-order chi connectivity index (χ0) is 23.3. The number of hydrogen-bond donors (Lipinski definition) is 2. The normalized spacial score (nSPS) is 16.7. The van der Waals surface area contributed by atoms with Gasteiger partial charge < -0.3 is 9.52 Å². The minimum Gasteiger partial charge on any atom is -0.480 e. The Labute approximate surface area is 189 Å². The molecular formula is C23H20N2O7S. The Balaban J connectivity index is 1.41. The van der Waals surface area contributed by atoms with Crippen molar-refractivity contribution in [3.05, 3.63) is 64.9 Å². The number of furan rings is 1. The van der Waals surface area contributed by atoms with E-state index in [4.69, 9.17) is 4.42 Å². The molecule has 33 heavy (non-hydrogen) atoms. The van der Waals surface area contributed by atoms with Crippen LogP contribution in [0, 0.1) is 0 Å². The molecule has 0 radical (unpaired) electrons. The lowest BCUT2D eigenvalue weighted by atomic mass is 9.96. The van der Waals surface area contributed by atoms with Gasteiger partial charge in [0.1, 0.15) is 17.4 Å². The number of aryl methyl sites for hydroxylation is 2. The van der Waals surface area contributed by atoms with Crippen LogP contribution < -0.4 is 4.72 Å². The molecule has 0 fully saturated rings. The molecule has 1 atom stereocenters. The van der Waals surface area contributed by atoms with E-state index in [-0.39, 0.29) is 16.0 Å². The molecule has 2 amide bonds. The van der Waals surface area contributed by atoms with Crippen molar-refractivity contribution in [1.82, 2.24) is 9.62 Å². The Morgan fingerprint density at radius 3 is 2.39 bits per heavy atom. The molecule has 1 aliphatic carbocycles. The average Bonchev–Trinajstić information content (AvgIpc) is 3.29. The maximum atomic E-state index is 13.0. The van der Waals surface area contributed by atoms with Crippen molar-refractivity contribution in [3.8, 4) is 0 Å². The third-order valence-electron chi connectivity index (χ3n) is 6.08. The number of amides is 2. The summed E-state index contributed by atoms with van der Waals surface area (Å²) in [7, 11) is -4.28. The Hall–Kier alpha value is -3.50. The average molecular weight is 468 g/mol. The zero-order valence-electron chi connectivity index (χ0n) is 17.4. The van der Waals surface area contributed by atoms with Gasteiger partial charge in [-0.2, -0.15) is 4.72 Å². The van der Waals surface area contributed by atoms with Gasteiger partial charge >= 0.3 is 5.97 Å². The first-order chi connectivity index (χ1) is 15.8. The highest BCUT2D eigenvalue weighted by Crippen LogP contribution is 2.33. The number of nitrogens with one attached hydrogen (secondary N) is 1. The summed E-state index contributed by atoms with van der Waals surface area (Å²) in [5.41, 5.74) is 1.82. The Morgan fingerprint density at radius 1 is 1.06 bits per heavy atom. The summed E-state index contributed by atoms with van der Waals surface area (Å²) in [6.45, 7) is -0.641. The number of carbonyl (C=O) groups is 3. The lowest BCUT2D eigenvalue weighted by molar-refractivity contribution is -0.139. The molecule has 10 heteroatoms. The fourth-order valence-corrected chi connectivity index (χ4v) is 5.62. The molecule has 9 nitrogen and oxygen atoms in total. The van der Waals surface area contributed by atoms with E-state index in [1.165, 1.54) is 24.3 Å². The van der Waals surface area contributed by atoms with Crippen molar-refractivity contribution < 1.29 is 32.3 Å². The Bertz CT molecular complexity index is 1390. The summed E-state index contributed by atoms with van der Waals surface area (Å²) in [5, 5.41) is 10.5. The van der Waals surface area contributed by atoms with Gasteiger partial charge in [-0.15, -0.1) is 0 Å². The standard InChI is InChI=1S/C23H20N2O7S/c26-21-16-6-1-2-7-17(16)22(27)25(21)12-18(23(28)29)24-33(30,31)13-9-10-15-14-5-3-4-8-19(14)32-20(15)11-13/h1-2,6-7,9-11,18,24H,3-5,8,12H2,(H,28,29)/t18-/m0/s1. The summed E-state index contributed by atoms with van der Waals surface area (Å²) < 4.78 is 33.9. The highest BCUT2D eigenvalue weighted by molar-refractivity contribution is 7.89. The van der Waals surface area contributed by atoms with Crippen LogP contribution in [0.3, 0.4) is 0 Å². The third kappa shape index (κ3) is 3.61. The molecule has 0 saturated carbocycles. The minimum atomic E-state index is -4.28. The van der Waals surface area contributed by atoms with Crippen LogP contribution in [0.2, 0.25) is 0 Å². The molecule has 0 unspecified atom stereocenters. The predicted octanol–water partition coefficient (Wildman–Crippen LogP) is 2.34. The number of carboxylic acids is 1. The second-order valence-electron chi connectivity index (χ2n) is 8.15. The Morgan fingerprint density at radius 2 is 1.73 bits per heavy atom. The molecule has 5 rings (SSSR count). The number of hydrogen-bond acceptors (Lipinski definition) is 6. The summed E-state index contributed by atoms with van der Waals surface area (Å²) in [6.07, 6.45) is 3.72. The fraction of sp³-hybridized carbons (Fsp3) is 0.261. The Kier molecular flexibility index (Phi) is 5.06. The van der Waals surface area contributed by atoms with Gasteiger partial charge in [-0.05, 0) is 43.5 Å². The molecule has 2 N–H and O–H groups in total. The second-order valence-corrected chi connectivity index (χ2v) is 9.86. The van der Waals surface area contributed by atoms with E-state index in [2.05, 4.69) is 4.72 Å². The van der Waals surface area contributed by atoms with E-state index < -0.39 is 40.4 Å². The van der Waals surface area contributed by atoms with Gasteiger partial charge in [0.15, 0.2) is 0 Å². The number of rotatable bonds is 6. The lowest BCUT2D eigenvalue weighted by Crippen LogP contribution is -2.49. The molecular weight excluding hydrogens is 448 g/mol. The SMILES string of the molecule is O=C(O)[C@H](CN1C(=O)c2ccccc2C1=O)NS(=O)(=O)c1ccc2c3c(oc2c1)CCCC3. The molecule has 170 valence electrons. The largest absolute Gasteiger partial charge is 0.480 e. The summed E-state index contributed by atoms with van der Waals surface area (Å²) in [5.74, 6) is -1.98. The maximum absolute atomic E-state index is 13.0. The smallest absolute Gasteiger partial charge is 0.323 e. The van der Waals surface area contributed by atoms with Crippen molar-refractivity contribution in [3.63, 3.8) is 0 Å². The molecule has 2 aliphatic rings. The number of aliphatic carboxylic acids is 1. The number of nitrogens with zero attached hydrogens (tertiary/aromatic N) is 1. The number of carboxylic acid groups (broad SMARTS) is 1. The van der Waals surface area contributed by atoms with Crippen molar-refractivity contribution >= 4 is 38.8 Å². The van der Waals surface area contributed by atoms with E-state index in [1.807, 2.05) is 0 Å². The van der Waals surface area contributed by atoms with Crippen LogP contribution in [0.25, 0.3) is 11.0 Å². The van der Waals surface area contributed by atoms with Crippen LogP contribution in [-0.2, 0) is 27.7 Å². The van der Waals surface area contributed by atoms with Crippen LogP contribution in [-0.4, -0.2) is 48.8 Å². The molecule has 3 aromatic rings. The summed E-state index contributed by atoms with van der Waals surface area (Å²) in [4.78, 5) is 37.6. The molecule has 0 saturated heterocycles. The van der Waals surface area contributed by atoms with Gasteiger partial charge in [0.2, 0.25) is 10.0 Å². The molecule has 1 aliphatic heterocycles. The van der Waals surface area contributed by atoms with Crippen molar-refractivity contribution in [2.75, 3.05) is 6.54 Å². The summed E-state index contributed by atoms with van der Waals surface area (Å²) >= 11 is 0. The van der Waals surface area contributed by atoms with Gasteiger partial charge in [0.05, 0.1) is 22.6 Å². The third-order valence-corrected chi connectivity index (χ3v) is 7.55. The first-order valence-corrected chi connectivity index (χ1v) is 12.0. The second kappa shape index (κ2) is 7.82. The molecule has 1 aromatic heterocycles. The van der Waals surface area contributed by atoms with Gasteiger partial charge in [0.25, 0.3) is 11.8 Å². The monoisotopic (exact) mass is 468 g/mol. The van der Waals surface area contributed by atoms with Gasteiger partial charge in [-0.1, -0.05) is 12.1 Å². The highest BCUT2D eigenvalue weighted by Gasteiger charge is 2.39. The highest BCUT2D eigenvalue weighted by atomic mass is 32.2. The fourth-order valence-electron chi connectivity index (χ4n) is 4.42. The first-order valence-electron chi connectivity index (χ1n) is 10.5. The van der Waals surface area contributed by atoms with Crippen LogP contribution in [0.1, 0.15) is 44.9 Å². The minimum absolute atomic E-state index is 0.154. The van der Waals surface area contributed by atoms with Gasteiger partial charge in [0, 0.05) is 23.4 Å². The number of fused-ring (bicyclic) bond motifs is 4. The molecule has 0 bridgehead atoms. The van der Waals surface area contributed by atoms with E-state index in [0.29, 0.717) is 5.58 Å². The lowest BCUT2D eigenvalue weighted by Gasteiger charge is -2.20. The van der Waals surface area contributed by atoms with Crippen LogP contribution in [0.15, 0.2) is 51.8 Å². The van der Waals surface area contributed by atoms with Crippen LogP contribution in [0.4, 0.5) is 0 Å².